The Kier molecular flexibility index (Phi) is 5.66. The minimum Gasteiger partial charge on any atom is -0.393 e. The minimum atomic E-state index is -0.499. The summed E-state index contributed by atoms with van der Waals surface area (Å²) in [6.45, 7) is 2.15. The molecule has 0 heterocycles. The van der Waals surface area contributed by atoms with Gasteiger partial charge in [0.25, 0.3) is 11.6 Å². The molecular formula is C14H21N3O4. The summed E-state index contributed by atoms with van der Waals surface area (Å²) in [7, 11) is 4.91. The van der Waals surface area contributed by atoms with Crippen molar-refractivity contribution in [3.63, 3.8) is 0 Å². The van der Waals surface area contributed by atoms with Gasteiger partial charge in [0.05, 0.1) is 11.0 Å². The van der Waals surface area contributed by atoms with E-state index in [1.807, 2.05) is 0 Å². The molecule has 0 bridgehead atoms. The number of carbonyl (C=O) groups is 1. The smallest absolute Gasteiger partial charge is 0.293 e. The number of benzene rings is 1. The molecule has 0 fully saturated rings. The Hall–Kier alpha value is -2.15. The fourth-order valence-electron chi connectivity index (χ4n) is 1.88. The SMILES string of the molecule is CC(O)CCN(C)c1ccc(C(=O)N(C)C)cc1[N+](=O)[O-]. The summed E-state index contributed by atoms with van der Waals surface area (Å²) < 4.78 is 0. The van der Waals surface area contributed by atoms with Crippen LogP contribution in [0, 0.1) is 10.1 Å². The molecule has 1 N–H and O–H groups in total. The zero-order valence-electron chi connectivity index (χ0n) is 12.7. The number of nitro groups is 1. The maximum atomic E-state index is 11.9. The average molecular weight is 295 g/mol. The topological polar surface area (TPSA) is 86.9 Å². The normalized spacial score (nSPS) is 11.9. The molecule has 0 radical (unpaired) electrons. The van der Waals surface area contributed by atoms with Crippen LogP contribution >= 0.6 is 0 Å². The number of rotatable bonds is 6. The second-order valence-electron chi connectivity index (χ2n) is 5.22. The van der Waals surface area contributed by atoms with Crippen LogP contribution in [-0.2, 0) is 0 Å². The quantitative estimate of drug-likeness (QED) is 0.635. The maximum Gasteiger partial charge on any atom is 0.293 e. The summed E-state index contributed by atoms with van der Waals surface area (Å²) in [4.78, 5) is 25.7. The summed E-state index contributed by atoms with van der Waals surface area (Å²) >= 11 is 0. The Morgan fingerprint density at radius 1 is 1.38 bits per heavy atom. The van der Waals surface area contributed by atoms with Gasteiger partial charge in [-0.15, -0.1) is 0 Å². The first kappa shape index (κ1) is 16.9. The number of hydrogen-bond acceptors (Lipinski definition) is 5. The van der Waals surface area contributed by atoms with Gasteiger partial charge in [0.15, 0.2) is 0 Å². The van der Waals surface area contributed by atoms with E-state index in [1.54, 1.807) is 45.1 Å². The van der Waals surface area contributed by atoms with Gasteiger partial charge in [0.2, 0.25) is 0 Å². The first-order valence-corrected chi connectivity index (χ1v) is 6.63. The van der Waals surface area contributed by atoms with Gasteiger partial charge in [-0.2, -0.15) is 0 Å². The Morgan fingerprint density at radius 3 is 2.48 bits per heavy atom. The molecular weight excluding hydrogens is 274 g/mol. The Balaban J connectivity index is 3.10. The van der Waals surface area contributed by atoms with Crippen molar-refractivity contribution in [3.8, 4) is 0 Å². The molecule has 0 aliphatic rings. The summed E-state index contributed by atoms with van der Waals surface area (Å²) in [5, 5.41) is 20.5. The van der Waals surface area contributed by atoms with Gasteiger partial charge in [-0.1, -0.05) is 0 Å². The van der Waals surface area contributed by atoms with Gasteiger partial charge in [0, 0.05) is 39.3 Å². The van der Waals surface area contributed by atoms with Gasteiger partial charge >= 0.3 is 0 Å². The molecule has 0 saturated carbocycles. The zero-order valence-corrected chi connectivity index (χ0v) is 12.7. The van der Waals surface area contributed by atoms with Gasteiger partial charge in [0.1, 0.15) is 5.69 Å². The van der Waals surface area contributed by atoms with Crippen molar-refractivity contribution in [1.82, 2.24) is 4.90 Å². The number of hydrogen-bond donors (Lipinski definition) is 1. The van der Waals surface area contributed by atoms with Crippen LogP contribution in [0.3, 0.4) is 0 Å². The van der Waals surface area contributed by atoms with Crippen LogP contribution in [0.2, 0.25) is 0 Å². The minimum absolute atomic E-state index is 0.115. The Labute approximate surface area is 123 Å². The van der Waals surface area contributed by atoms with Crippen molar-refractivity contribution in [2.24, 2.45) is 0 Å². The van der Waals surface area contributed by atoms with Crippen molar-refractivity contribution < 1.29 is 14.8 Å². The van der Waals surface area contributed by atoms with Gasteiger partial charge in [-0.25, -0.2) is 0 Å². The monoisotopic (exact) mass is 295 g/mol. The molecule has 116 valence electrons. The van der Waals surface area contributed by atoms with E-state index >= 15 is 0 Å². The highest BCUT2D eigenvalue weighted by Gasteiger charge is 2.20. The molecule has 1 aromatic rings. The predicted octanol–water partition coefficient (Wildman–Crippen LogP) is 1.50. The lowest BCUT2D eigenvalue weighted by Crippen LogP contribution is -2.24. The summed E-state index contributed by atoms with van der Waals surface area (Å²) in [5.74, 6) is -0.281. The van der Waals surface area contributed by atoms with E-state index in [0.717, 1.165) is 0 Å². The van der Waals surface area contributed by atoms with E-state index in [4.69, 9.17) is 0 Å². The molecule has 0 aliphatic heterocycles. The van der Waals surface area contributed by atoms with Crippen molar-refractivity contribution in [1.29, 1.82) is 0 Å². The van der Waals surface area contributed by atoms with Crippen LogP contribution in [0.5, 0.6) is 0 Å². The molecule has 0 aliphatic carbocycles. The fourth-order valence-corrected chi connectivity index (χ4v) is 1.88. The van der Waals surface area contributed by atoms with E-state index in [2.05, 4.69) is 0 Å². The molecule has 1 rings (SSSR count). The lowest BCUT2D eigenvalue weighted by atomic mass is 10.1. The number of amides is 1. The molecule has 7 nitrogen and oxygen atoms in total. The lowest BCUT2D eigenvalue weighted by molar-refractivity contribution is -0.384. The highest BCUT2D eigenvalue weighted by atomic mass is 16.6. The Morgan fingerprint density at radius 2 is 2.00 bits per heavy atom. The number of aliphatic hydroxyl groups excluding tert-OH is 1. The average Bonchev–Trinajstić information content (AvgIpc) is 2.42. The second-order valence-corrected chi connectivity index (χ2v) is 5.22. The van der Waals surface area contributed by atoms with E-state index < -0.39 is 11.0 Å². The van der Waals surface area contributed by atoms with E-state index in [0.29, 0.717) is 18.7 Å². The third-order valence-electron chi connectivity index (χ3n) is 3.12. The molecule has 1 amide bonds. The standard InChI is InChI=1S/C14H21N3O4/c1-10(18)7-8-16(4)12-6-5-11(14(19)15(2)3)9-13(12)17(20)21/h5-6,9-10,18H,7-8H2,1-4H3. The third-order valence-corrected chi connectivity index (χ3v) is 3.12. The molecule has 7 heteroatoms. The van der Waals surface area contributed by atoms with Crippen LogP contribution < -0.4 is 4.90 Å². The highest BCUT2D eigenvalue weighted by Crippen LogP contribution is 2.29. The van der Waals surface area contributed by atoms with Gasteiger partial charge in [-0.05, 0) is 25.5 Å². The van der Waals surface area contributed by atoms with E-state index in [9.17, 15) is 20.0 Å². The number of carbonyl (C=O) groups excluding carboxylic acids is 1. The number of nitrogens with zero attached hydrogens (tertiary/aromatic N) is 3. The third kappa shape index (κ3) is 4.42. The van der Waals surface area contributed by atoms with Crippen LogP contribution in [0.1, 0.15) is 23.7 Å². The van der Waals surface area contributed by atoms with E-state index in [-0.39, 0.29) is 17.2 Å². The second kappa shape index (κ2) is 7.03. The van der Waals surface area contributed by atoms with Crippen molar-refractivity contribution in [2.75, 3.05) is 32.6 Å². The van der Waals surface area contributed by atoms with Crippen molar-refractivity contribution in [3.05, 3.63) is 33.9 Å². The first-order chi connectivity index (χ1) is 9.73. The summed E-state index contributed by atoms with van der Waals surface area (Å²) in [6, 6.07) is 4.43. The summed E-state index contributed by atoms with van der Waals surface area (Å²) in [6.07, 6.45) is 0.0348. The van der Waals surface area contributed by atoms with Gasteiger partial charge < -0.3 is 14.9 Å². The Bertz CT molecular complexity index is 529. The number of nitro benzene ring substituents is 1. The van der Waals surface area contributed by atoms with Crippen LogP contribution in [0.15, 0.2) is 18.2 Å². The van der Waals surface area contributed by atoms with Crippen LogP contribution in [-0.4, -0.2) is 54.6 Å². The molecule has 1 atom stereocenters. The molecule has 0 aromatic heterocycles. The first-order valence-electron chi connectivity index (χ1n) is 6.63. The van der Waals surface area contributed by atoms with Gasteiger partial charge in [-0.3, -0.25) is 14.9 Å². The molecule has 0 spiro atoms. The molecule has 21 heavy (non-hydrogen) atoms. The number of anilines is 1. The largest absolute Gasteiger partial charge is 0.393 e. The summed E-state index contributed by atoms with van der Waals surface area (Å²) in [5.41, 5.74) is 0.589. The van der Waals surface area contributed by atoms with Crippen LogP contribution in [0.4, 0.5) is 11.4 Å². The molecule has 1 aromatic carbocycles. The lowest BCUT2D eigenvalue weighted by Gasteiger charge is -2.20. The number of aliphatic hydroxyl groups is 1. The highest BCUT2D eigenvalue weighted by molar-refractivity contribution is 5.95. The fraction of sp³-hybridized carbons (Fsp3) is 0.500. The molecule has 1 unspecified atom stereocenters. The zero-order chi connectivity index (χ0) is 16.2. The van der Waals surface area contributed by atoms with Crippen molar-refractivity contribution in [2.45, 2.75) is 19.4 Å². The maximum absolute atomic E-state index is 11.9. The van der Waals surface area contributed by atoms with E-state index in [1.165, 1.54) is 11.0 Å². The van der Waals surface area contributed by atoms with Crippen molar-refractivity contribution >= 4 is 17.3 Å². The predicted molar refractivity (Wildman–Crippen MR) is 80.7 cm³/mol. The molecule has 0 saturated heterocycles. The van der Waals surface area contributed by atoms with Crippen LogP contribution in [0.25, 0.3) is 0 Å².